The van der Waals surface area contributed by atoms with E-state index in [2.05, 4.69) is 21.1 Å². The molecule has 1 atom stereocenters. The van der Waals surface area contributed by atoms with Crippen LogP contribution in [-0.2, 0) is 11.9 Å². The molecule has 1 heterocycles. The van der Waals surface area contributed by atoms with Crippen molar-refractivity contribution in [1.29, 1.82) is 0 Å². The minimum atomic E-state index is 0.0763. The van der Waals surface area contributed by atoms with Crippen LogP contribution in [0.3, 0.4) is 0 Å². The topological polar surface area (TPSA) is 39.1 Å². The Balaban J connectivity index is 2.48. The summed E-state index contributed by atoms with van der Waals surface area (Å²) in [7, 11) is 3.62. The number of fused-ring (bicyclic) bond motifs is 1. The molecule has 1 N–H and O–H groups in total. The largest absolute Gasteiger partial charge is 0.330 e. The van der Waals surface area contributed by atoms with Gasteiger partial charge in [-0.05, 0) is 19.1 Å². The maximum Gasteiger partial charge on any atom is 0.128 e. The molecule has 0 saturated carbocycles. The summed E-state index contributed by atoms with van der Waals surface area (Å²) < 4.78 is 2.08. The molecule has 1 aromatic heterocycles. The van der Waals surface area contributed by atoms with Gasteiger partial charge in [0, 0.05) is 7.05 Å². The Morgan fingerprint density at radius 3 is 2.80 bits per heavy atom. The number of nitrogens with zero attached hydrogens (tertiary/aromatic N) is 2. The van der Waals surface area contributed by atoms with E-state index in [4.69, 9.17) is 4.84 Å². The fourth-order valence-electron chi connectivity index (χ4n) is 1.78. The Bertz CT molecular complexity index is 464. The first-order valence-electron chi connectivity index (χ1n) is 4.94. The van der Waals surface area contributed by atoms with Crippen LogP contribution in [-0.4, -0.2) is 16.7 Å². The predicted octanol–water partition coefficient (Wildman–Crippen LogP) is 1.79. The fraction of sp³-hybridized carbons (Fsp3) is 0.364. The van der Waals surface area contributed by atoms with Crippen molar-refractivity contribution in [3.8, 4) is 0 Å². The maximum atomic E-state index is 4.91. The molecule has 4 heteroatoms. The van der Waals surface area contributed by atoms with E-state index in [0.29, 0.717) is 0 Å². The number of hydroxylamine groups is 1. The van der Waals surface area contributed by atoms with Crippen molar-refractivity contribution in [2.24, 2.45) is 7.05 Å². The van der Waals surface area contributed by atoms with Gasteiger partial charge in [0.15, 0.2) is 0 Å². The average Bonchev–Trinajstić information content (AvgIpc) is 2.57. The van der Waals surface area contributed by atoms with Gasteiger partial charge in [-0.1, -0.05) is 12.1 Å². The van der Waals surface area contributed by atoms with Crippen molar-refractivity contribution in [3.05, 3.63) is 30.1 Å². The summed E-state index contributed by atoms with van der Waals surface area (Å²) in [6, 6.07) is 8.16. The second kappa shape index (κ2) is 4.00. The molecule has 0 aliphatic heterocycles. The molecule has 0 spiro atoms. The molecule has 0 amide bonds. The molecule has 0 fully saturated rings. The number of aryl methyl sites for hydroxylation is 1. The van der Waals surface area contributed by atoms with Gasteiger partial charge >= 0.3 is 0 Å². The van der Waals surface area contributed by atoms with Crippen molar-refractivity contribution < 1.29 is 4.84 Å². The summed E-state index contributed by atoms with van der Waals surface area (Å²) in [5, 5.41) is 0. The molecule has 0 aliphatic rings. The molecule has 0 aliphatic carbocycles. The molecular formula is C11H15N3O. The van der Waals surface area contributed by atoms with Crippen molar-refractivity contribution in [2.75, 3.05) is 7.11 Å². The minimum absolute atomic E-state index is 0.0763. The van der Waals surface area contributed by atoms with E-state index in [1.165, 1.54) is 0 Å². The third-order valence-corrected chi connectivity index (χ3v) is 2.50. The van der Waals surface area contributed by atoms with Gasteiger partial charge in [0.05, 0.1) is 24.2 Å². The van der Waals surface area contributed by atoms with E-state index in [1.54, 1.807) is 7.11 Å². The molecule has 15 heavy (non-hydrogen) atoms. The molecule has 1 aromatic carbocycles. The van der Waals surface area contributed by atoms with E-state index in [1.807, 2.05) is 32.2 Å². The second-order valence-corrected chi connectivity index (χ2v) is 3.56. The molecule has 1 unspecified atom stereocenters. The third kappa shape index (κ3) is 1.73. The fourth-order valence-corrected chi connectivity index (χ4v) is 1.78. The van der Waals surface area contributed by atoms with Gasteiger partial charge in [0.1, 0.15) is 5.82 Å². The highest BCUT2D eigenvalue weighted by molar-refractivity contribution is 5.75. The Hall–Kier alpha value is -1.39. The minimum Gasteiger partial charge on any atom is -0.330 e. The molecule has 0 bridgehead atoms. The highest BCUT2D eigenvalue weighted by Gasteiger charge is 2.13. The Morgan fingerprint density at radius 2 is 2.13 bits per heavy atom. The van der Waals surface area contributed by atoms with Gasteiger partial charge in [-0.2, -0.15) is 5.48 Å². The van der Waals surface area contributed by atoms with Crippen LogP contribution in [0, 0.1) is 0 Å². The summed E-state index contributed by atoms with van der Waals surface area (Å²) in [5.74, 6) is 0.970. The average molecular weight is 205 g/mol. The van der Waals surface area contributed by atoms with Crippen molar-refractivity contribution >= 4 is 11.0 Å². The molecular weight excluding hydrogens is 190 g/mol. The Kier molecular flexibility index (Phi) is 2.70. The van der Waals surface area contributed by atoms with E-state index in [9.17, 15) is 0 Å². The molecule has 4 nitrogen and oxygen atoms in total. The number of imidazole rings is 1. The summed E-state index contributed by atoms with van der Waals surface area (Å²) >= 11 is 0. The van der Waals surface area contributed by atoms with Crippen LogP contribution in [0.25, 0.3) is 11.0 Å². The molecule has 0 radical (unpaired) electrons. The number of aromatic nitrogens is 2. The van der Waals surface area contributed by atoms with Crippen LogP contribution < -0.4 is 5.48 Å². The van der Waals surface area contributed by atoms with E-state index in [0.717, 1.165) is 16.9 Å². The lowest BCUT2D eigenvalue weighted by Gasteiger charge is -2.11. The first-order valence-corrected chi connectivity index (χ1v) is 4.94. The summed E-state index contributed by atoms with van der Waals surface area (Å²) in [4.78, 5) is 9.46. The Labute approximate surface area is 88.8 Å². The van der Waals surface area contributed by atoms with Crippen molar-refractivity contribution in [3.63, 3.8) is 0 Å². The number of para-hydroxylation sites is 2. The zero-order valence-electron chi connectivity index (χ0n) is 9.19. The lowest BCUT2D eigenvalue weighted by Crippen LogP contribution is -2.20. The van der Waals surface area contributed by atoms with Gasteiger partial charge < -0.3 is 9.40 Å². The number of hydrogen-bond donors (Lipinski definition) is 1. The van der Waals surface area contributed by atoms with Crippen LogP contribution in [0.4, 0.5) is 0 Å². The lowest BCUT2D eigenvalue weighted by atomic mass is 10.3. The zero-order chi connectivity index (χ0) is 10.8. The molecule has 0 saturated heterocycles. The van der Waals surface area contributed by atoms with Gasteiger partial charge in [0.25, 0.3) is 0 Å². The molecule has 80 valence electrons. The highest BCUT2D eigenvalue weighted by Crippen LogP contribution is 2.18. The first kappa shape index (κ1) is 10.1. The van der Waals surface area contributed by atoms with Crippen LogP contribution >= 0.6 is 0 Å². The standard InChI is InChI=1S/C11H15N3O/c1-8(13-15-3)11-12-9-6-4-5-7-10(9)14(11)2/h4-8,13H,1-3H3. The second-order valence-electron chi connectivity index (χ2n) is 3.56. The monoisotopic (exact) mass is 205 g/mol. The summed E-state index contributed by atoms with van der Waals surface area (Å²) in [6.07, 6.45) is 0. The third-order valence-electron chi connectivity index (χ3n) is 2.50. The van der Waals surface area contributed by atoms with Crippen LogP contribution in [0.15, 0.2) is 24.3 Å². The normalized spacial score (nSPS) is 13.3. The van der Waals surface area contributed by atoms with Gasteiger partial charge in [-0.15, -0.1) is 0 Å². The SMILES string of the molecule is CONC(C)c1nc2ccccc2n1C. The number of hydrogen-bond acceptors (Lipinski definition) is 3. The maximum absolute atomic E-state index is 4.91. The molecule has 2 rings (SSSR count). The summed E-state index contributed by atoms with van der Waals surface area (Å²) in [5.41, 5.74) is 5.03. The van der Waals surface area contributed by atoms with E-state index in [-0.39, 0.29) is 6.04 Å². The first-order chi connectivity index (χ1) is 7.24. The van der Waals surface area contributed by atoms with Crippen LogP contribution in [0.5, 0.6) is 0 Å². The van der Waals surface area contributed by atoms with Gasteiger partial charge in [-0.3, -0.25) is 0 Å². The van der Waals surface area contributed by atoms with Crippen LogP contribution in [0.2, 0.25) is 0 Å². The number of rotatable bonds is 3. The van der Waals surface area contributed by atoms with Gasteiger partial charge in [0.2, 0.25) is 0 Å². The van der Waals surface area contributed by atoms with Crippen molar-refractivity contribution in [1.82, 2.24) is 15.0 Å². The lowest BCUT2D eigenvalue weighted by molar-refractivity contribution is 0.0628. The van der Waals surface area contributed by atoms with E-state index < -0.39 is 0 Å². The molecule has 2 aromatic rings. The van der Waals surface area contributed by atoms with Crippen LogP contribution in [0.1, 0.15) is 18.8 Å². The number of benzene rings is 1. The van der Waals surface area contributed by atoms with Gasteiger partial charge in [-0.25, -0.2) is 4.98 Å². The highest BCUT2D eigenvalue weighted by atomic mass is 16.6. The number of nitrogens with one attached hydrogen (secondary N) is 1. The quantitative estimate of drug-likeness (QED) is 0.776. The smallest absolute Gasteiger partial charge is 0.128 e. The predicted molar refractivity (Wildman–Crippen MR) is 59.3 cm³/mol. The zero-order valence-corrected chi connectivity index (χ0v) is 9.19. The van der Waals surface area contributed by atoms with Crippen molar-refractivity contribution in [2.45, 2.75) is 13.0 Å². The Morgan fingerprint density at radius 1 is 1.40 bits per heavy atom. The summed E-state index contributed by atoms with van der Waals surface area (Å²) in [6.45, 7) is 2.02. The van der Waals surface area contributed by atoms with E-state index >= 15 is 0 Å².